The molecule has 6 nitrogen and oxygen atoms in total. The quantitative estimate of drug-likeness (QED) is 0.902. The van der Waals surface area contributed by atoms with Gasteiger partial charge in [-0.2, -0.15) is 5.10 Å². The van der Waals surface area contributed by atoms with E-state index in [4.69, 9.17) is 0 Å². The Bertz CT molecular complexity index is 623. The standard InChI is InChI=1S/C15H19N5O/c1-11(8-20-10-16-9-17-20)18-15(21)19-14-6-5-12-3-2-4-13(12)7-14/h5-7,9-11H,2-4,8H2,1H3,(H2,18,19,21)/t11-/m1/s1. The number of carbonyl (C=O) groups excluding carboxylic acids is 1. The topological polar surface area (TPSA) is 71.8 Å². The maximum atomic E-state index is 12.0. The minimum atomic E-state index is -0.194. The fourth-order valence-corrected chi connectivity index (χ4v) is 2.69. The van der Waals surface area contributed by atoms with Crippen LogP contribution in [0.5, 0.6) is 0 Å². The average Bonchev–Trinajstić information content (AvgIpc) is 3.08. The van der Waals surface area contributed by atoms with Gasteiger partial charge in [0.15, 0.2) is 0 Å². The molecule has 6 heteroatoms. The summed E-state index contributed by atoms with van der Waals surface area (Å²) in [7, 11) is 0. The molecular formula is C15H19N5O. The maximum absolute atomic E-state index is 12.0. The molecule has 1 atom stereocenters. The first kappa shape index (κ1) is 13.6. The van der Waals surface area contributed by atoms with Crippen LogP contribution in [0.1, 0.15) is 24.5 Å². The average molecular weight is 285 g/mol. The fourth-order valence-electron chi connectivity index (χ4n) is 2.69. The van der Waals surface area contributed by atoms with E-state index in [1.54, 1.807) is 11.0 Å². The SMILES string of the molecule is C[C@H](Cn1cncn1)NC(=O)Nc1ccc2c(c1)CCC2. The predicted molar refractivity (Wildman–Crippen MR) is 80.1 cm³/mol. The lowest BCUT2D eigenvalue weighted by Gasteiger charge is -2.15. The summed E-state index contributed by atoms with van der Waals surface area (Å²) in [6.45, 7) is 2.53. The highest BCUT2D eigenvalue weighted by Gasteiger charge is 2.12. The maximum Gasteiger partial charge on any atom is 0.319 e. The van der Waals surface area contributed by atoms with Crippen LogP contribution in [-0.2, 0) is 19.4 Å². The van der Waals surface area contributed by atoms with Crippen molar-refractivity contribution in [2.45, 2.75) is 38.8 Å². The smallest absolute Gasteiger partial charge is 0.319 e. The first-order valence-electron chi connectivity index (χ1n) is 7.22. The van der Waals surface area contributed by atoms with E-state index in [0.717, 1.165) is 18.5 Å². The van der Waals surface area contributed by atoms with Gasteiger partial charge in [0.25, 0.3) is 0 Å². The zero-order chi connectivity index (χ0) is 14.7. The Balaban J connectivity index is 1.54. The fraction of sp³-hybridized carbons (Fsp3) is 0.400. The third-order valence-corrected chi connectivity index (χ3v) is 3.66. The van der Waals surface area contributed by atoms with Crippen molar-refractivity contribution in [3.05, 3.63) is 42.0 Å². The minimum absolute atomic E-state index is 0.0267. The summed E-state index contributed by atoms with van der Waals surface area (Å²) in [5, 5.41) is 9.80. The number of amides is 2. The molecule has 110 valence electrons. The largest absolute Gasteiger partial charge is 0.334 e. The number of nitrogens with one attached hydrogen (secondary N) is 2. The van der Waals surface area contributed by atoms with Crippen molar-refractivity contribution >= 4 is 11.7 Å². The van der Waals surface area contributed by atoms with E-state index in [2.05, 4.69) is 32.8 Å². The van der Waals surface area contributed by atoms with E-state index in [9.17, 15) is 4.79 Å². The van der Waals surface area contributed by atoms with Crippen LogP contribution in [0.4, 0.5) is 10.5 Å². The molecular weight excluding hydrogens is 266 g/mol. The Morgan fingerprint density at radius 1 is 1.38 bits per heavy atom. The number of aryl methyl sites for hydroxylation is 2. The third-order valence-electron chi connectivity index (χ3n) is 3.66. The first-order valence-corrected chi connectivity index (χ1v) is 7.22. The van der Waals surface area contributed by atoms with Crippen LogP contribution in [0.25, 0.3) is 0 Å². The van der Waals surface area contributed by atoms with Gasteiger partial charge in [-0.3, -0.25) is 4.68 Å². The van der Waals surface area contributed by atoms with Crippen molar-refractivity contribution in [1.82, 2.24) is 20.1 Å². The monoisotopic (exact) mass is 285 g/mol. The van der Waals surface area contributed by atoms with Gasteiger partial charge >= 0.3 is 6.03 Å². The van der Waals surface area contributed by atoms with Crippen molar-refractivity contribution < 1.29 is 4.79 Å². The van der Waals surface area contributed by atoms with Crippen LogP contribution in [0, 0.1) is 0 Å². The van der Waals surface area contributed by atoms with Gasteiger partial charge in [-0.1, -0.05) is 6.07 Å². The van der Waals surface area contributed by atoms with Crippen LogP contribution in [0.15, 0.2) is 30.9 Å². The second-order valence-corrected chi connectivity index (χ2v) is 5.45. The number of anilines is 1. The van der Waals surface area contributed by atoms with Gasteiger partial charge in [0.1, 0.15) is 12.7 Å². The van der Waals surface area contributed by atoms with Gasteiger partial charge in [-0.05, 0) is 49.4 Å². The van der Waals surface area contributed by atoms with Gasteiger partial charge in [-0.15, -0.1) is 0 Å². The van der Waals surface area contributed by atoms with E-state index >= 15 is 0 Å². The van der Waals surface area contributed by atoms with Gasteiger partial charge < -0.3 is 10.6 Å². The molecule has 0 saturated heterocycles. The summed E-state index contributed by atoms with van der Waals surface area (Å²) in [5.41, 5.74) is 3.60. The molecule has 0 unspecified atom stereocenters. The number of nitrogens with zero attached hydrogens (tertiary/aromatic N) is 3. The Morgan fingerprint density at radius 2 is 2.24 bits per heavy atom. The molecule has 3 rings (SSSR count). The van der Waals surface area contributed by atoms with Crippen molar-refractivity contribution in [1.29, 1.82) is 0 Å². The van der Waals surface area contributed by atoms with E-state index in [1.807, 2.05) is 13.0 Å². The summed E-state index contributed by atoms with van der Waals surface area (Å²) >= 11 is 0. The molecule has 2 amide bonds. The zero-order valence-electron chi connectivity index (χ0n) is 12.0. The lowest BCUT2D eigenvalue weighted by molar-refractivity contribution is 0.247. The van der Waals surface area contributed by atoms with Crippen molar-refractivity contribution in [3.8, 4) is 0 Å². The normalized spacial score (nSPS) is 14.5. The number of fused-ring (bicyclic) bond motifs is 1. The molecule has 1 aromatic heterocycles. The zero-order valence-corrected chi connectivity index (χ0v) is 12.0. The number of rotatable bonds is 4. The Kier molecular flexibility index (Phi) is 3.85. The molecule has 0 fully saturated rings. The molecule has 1 aliphatic rings. The van der Waals surface area contributed by atoms with Crippen LogP contribution >= 0.6 is 0 Å². The van der Waals surface area contributed by atoms with Crippen LogP contribution in [0.2, 0.25) is 0 Å². The second kappa shape index (κ2) is 5.95. The highest BCUT2D eigenvalue weighted by atomic mass is 16.2. The number of benzene rings is 1. The van der Waals surface area contributed by atoms with Crippen LogP contribution < -0.4 is 10.6 Å². The molecule has 1 aromatic carbocycles. The van der Waals surface area contributed by atoms with E-state index in [0.29, 0.717) is 6.54 Å². The molecule has 2 aromatic rings. The van der Waals surface area contributed by atoms with E-state index in [1.165, 1.54) is 23.9 Å². The van der Waals surface area contributed by atoms with Crippen LogP contribution in [-0.4, -0.2) is 26.8 Å². The predicted octanol–water partition coefficient (Wildman–Crippen LogP) is 1.98. The molecule has 0 saturated carbocycles. The molecule has 0 spiro atoms. The van der Waals surface area contributed by atoms with Gasteiger partial charge in [0.2, 0.25) is 0 Å². The first-order chi connectivity index (χ1) is 10.2. The summed E-state index contributed by atoms with van der Waals surface area (Å²) in [6, 6.07) is 5.92. The molecule has 21 heavy (non-hydrogen) atoms. The molecule has 0 bridgehead atoms. The minimum Gasteiger partial charge on any atom is -0.334 e. The van der Waals surface area contributed by atoms with Gasteiger partial charge in [0.05, 0.1) is 6.54 Å². The lowest BCUT2D eigenvalue weighted by atomic mass is 10.1. The lowest BCUT2D eigenvalue weighted by Crippen LogP contribution is -2.38. The Labute approximate surface area is 123 Å². The van der Waals surface area contributed by atoms with Crippen LogP contribution in [0.3, 0.4) is 0 Å². The van der Waals surface area contributed by atoms with E-state index < -0.39 is 0 Å². The highest BCUT2D eigenvalue weighted by Crippen LogP contribution is 2.24. The van der Waals surface area contributed by atoms with Crippen molar-refractivity contribution in [2.75, 3.05) is 5.32 Å². The van der Waals surface area contributed by atoms with E-state index in [-0.39, 0.29) is 12.1 Å². The molecule has 2 N–H and O–H groups in total. The number of hydrogen-bond donors (Lipinski definition) is 2. The number of carbonyl (C=O) groups is 1. The van der Waals surface area contributed by atoms with Gasteiger partial charge in [0, 0.05) is 11.7 Å². The number of urea groups is 1. The molecule has 1 heterocycles. The Hall–Kier alpha value is -2.37. The summed E-state index contributed by atoms with van der Waals surface area (Å²) in [6.07, 6.45) is 6.58. The molecule has 0 radical (unpaired) electrons. The highest BCUT2D eigenvalue weighted by molar-refractivity contribution is 5.89. The van der Waals surface area contributed by atoms with Gasteiger partial charge in [-0.25, -0.2) is 9.78 Å². The summed E-state index contributed by atoms with van der Waals surface area (Å²) in [4.78, 5) is 15.9. The van der Waals surface area contributed by atoms with Crippen molar-refractivity contribution in [2.24, 2.45) is 0 Å². The summed E-state index contributed by atoms with van der Waals surface area (Å²) in [5.74, 6) is 0. The third kappa shape index (κ3) is 3.39. The van der Waals surface area contributed by atoms with Crippen molar-refractivity contribution in [3.63, 3.8) is 0 Å². The molecule has 1 aliphatic carbocycles. The Morgan fingerprint density at radius 3 is 3.05 bits per heavy atom. The molecule has 0 aliphatic heterocycles. The number of aromatic nitrogens is 3. The number of hydrogen-bond acceptors (Lipinski definition) is 3. The second-order valence-electron chi connectivity index (χ2n) is 5.45. The summed E-state index contributed by atoms with van der Waals surface area (Å²) < 4.78 is 1.69.